The Hall–Kier alpha value is -1.65. The molecule has 3 rings (SSSR count). The monoisotopic (exact) mass is 370 g/mol. The van der Waals surface area contributed by atoms with Gasteiger partial charge in [-0.25, -0.2) is 4.98 Å². The van der Waals surface area contributed by atoms with Gasteiger partial charge in [-0.2, -0.15) is 0 Å². The van der Waals surface area contributed by atoms with Gasteiger partial charge in [-0.05, 0) is 80.8 Å². The molecule has 0 bridgehead atoms. The molecule has 4 nitrogen and oxygen atoms in total. The minimum Gasteiger partial charge on any atom is -0.345 e. The third kappa shape index (κ3) is 4.12. The van der Waals surface area contributed by atoms with Crippen molar-refractivity contribution >= 4 is 0 Å². The van der Waals surface area contributed by atoms with Crippen molar-refractivity contribution in [3.8, 4) is 0 Å². The number of rotatable bonds is 7. The lowest BCUT2D eigenvalue weighted by molar-refractivity contribution is -0.182. The highest BCUT2D eigenvalue weighted by Crippen LogP contribution is 2.34. The first-order chi connectivity index (χ1) is 12.9. The average Bonchev–Trinajstić information content (AvgIpc) is 3.29. The zero-order valence-corrected chi connectivity index (χ0v) is 17.8. The van der Waals surface area contributed by atoms with E-state index in [-0.39, 0.29) is 6.10 Å². The quantitative estimate of drug-likeness (QED) is 0.690. The van der Waals surface area contributed by atoms with Crippen LogP contribution in [-0.4, -0.2) is 28.0 Å². The SMILES string of the molecule is CCCC1COC(CCc2c(C)c(C)c(C)c(C)c2C)(Cn2ccnc2)O1. The van der Waals surface area contributed by atoms with Gasteiger partial charge in [0.2, 0.25) is 0 Å². The molecule has 1 aromatic heterocycles. The molecule has 2 atom stereocenters. The molecule has 1 aliphatic rings. The molecule has 4 heteroatoms. The smallest absolute Gasteiger partial charge is 0.187 e. The van der Waals surface area contributed by atoms with Gasteiger partial charge in [0.15, 0.2) is 5.79 Å². The second-order valence-corrected chi connectivity index (χ2v) is 8.09. The van der Waals surface area contributed by atoms with Crippen LogP contribution in [0.5, 0.6) is 0 Å². The van der Waals surface area contributed by atoms with Crippen molar-refractivity contribution in [2.24, 2.45) is 0 Å². The van der Waals surface area contributed by atoms with Crippen molar-refractivity contribution < 1.29 is 9.47 Å². The van der Waals surface area contributed by atoms with Gasteiger partial charge in [0.1, 0.15) is 0 Å². The van der Waals surface area contributed by atoms with Crippen LogP contribution in [0.2, 0.25) is 0 Å². The third-order valence-electron chi connectivity index (χ3n) is 6.42. The largest absolute Gasteiger partial charge is 0.345 e. The Morgan fingerprint density at radius 3 is 2.33 bits per heavy atom. The predicted molar refractivity (Wildman–Crippen MR) is 109 cm³/mol. The first-order valence-corrected chi connectivity index (χ1v) is 10.2. The van der Waals surface area contributed by atoms with Gasteiger partial charge in [-0.3, -0.25) is 0 Å². The number of nitrogens with zero attached hydrogens (tertiary/aromatic N) is 2. The molecule has 2 aromatic rings. The van der Waals surface area contributed by atoms with Crippen LogP contribution >= 0.6 is 0 Å². The molecular formula is C23H34N2O2. The summed E-state index contributed by atoms with van der Waals surface area (Å²) in [6, 6.07) is 0. The molecule has 1 aromatic carbocycles. The van der Waals surface area contributed by atoms with Gasteiger partial charge in [-0.15, -0.1) is 0 Å². The van der Waals surface area contributed by atoms with E-state index in [4.69, 9.17) is 9.47 Å². The fourth-order valence-corrected chi connectivity index (χ4v) is 4.30. The predicted octanol–water partition coefficient (Wildman–Crippen LogP) is 4.97. The summed E-state index contributed by atoms with van der Waals surface area (Å²) in [5, 5.41) is 0. The van der Waals surface area contributed by atoms with Gasteiger partial charge < -0.3 is 14.0 Å². The molecule has 1 fully saturated rings. The van der Waals surface area contributed by atoms with Gasteiger partial charge in [-0.1, -0.05) is 13.3 Å². The molecule has 2 heterocycles. The number of ether oxygens (including phenoxy) is 2. The highest BCUT2D eigenvalue weighted by molar-refractivity contribution is 5.49. The highest BCUT2D eigenvalue weighted by atomic mass is 16.7. The Balaban J connectivity index is 1.84. The zero-order chi connectivity index (χ0) is 19.6. The second-order valence-electron chi connectivity index (χ2n) is 8.09. The van der Waals surface area contributed by atoms with Crippen molar-refractivity contribution in [3.63, 3.8) is 0 Å². The Morgan fingerprint density at radius 2 is 1.74 bits per heavy atom. The highest BCUT2D eigenvalue weighted by Gasteiger charge is 2.41. The van der Waals surface area contributed by atoms with Crippen LogP contribution in [0.4, 0.5) is 0 Å². The summed E-state index contributed by atoms with van der Waals surface area (Å²) >= 11 is 0. The van der Waals surface area contributed by atoms with Gasteiger partial charge in [0, 0.05) is 18.8 Å². The van der Waals surface area contributed by atoms with E-state index < -0.39 is 5.79 Å². The number of hydrogen-bond donors (Lipinski definition) is 0. The van der Waals surface area contributed by atoms with Crippen molar-refractivity contribution in [3.05, 3.63) is 52.1 Å². The molecule has 0 saturated carbocycles. The van der Waals surface area contributed by atoms with E-state index in [9.17, 15) is 0 Å². The van der Waals surface area contributed by atoms with Gasteiger partial charge >= 0.3 is 0 Å². The molecule has 0 radical (unpaired) electrons. The Labute approximate surface area is 163 Å². The molecule has 0 aliphatic carbocycles. The van der Waals surface area contributed by atoms with E-state index in [0.29, 0.717) is 13.2 Å². The summed E-state index contributed by atoms with van der Waals surface area (Å²) in [5.41, 5.74) is 8.51. The van der Waals surface area contributed by atoms with Crippen LogP contribution in [0, 0.1) is 34.6 Å². The van der Waals surface area contributed by atoms with E-state index in [0.717, 1.165) is 25.7 Å². The lowest BCUT2D eigenvalue weighted by atomic mass is 9.87. The maximum absolute atomic E-state index is 6.48. The molecule has 0 N–H and O–H groups in total. The van der Waals surface area contributed by atoms with Gasteiger partial charge in [0.25, 0.3) is 0 Å². The van der Waals surface area contributed by atoms with Gasteiger partial charge in [0.05, 0.1) is 25.6 Å². The van der Waals surface area contributed by atoms with Crippen LogP contribution in [0.25, 0.3) is 0 Å². The summed E-state index contributed by atoms with van der Waals surface area (Å²) in [6.07, 6.45) is 9.82. The molecule has 2 unspecified atom stereocenters. The number of benzene rings is 1. The number of aromatic nitrogens is 2. The van der Waals surface area contributed by atoms with E-state index in [1.54, 1.807) is 0 Å². The van der Waals surface area contributed by atoms with Crippen molar-refractivity contribution in [2.45, 2.75) is 85.7 Å². The fourth-order valence-electron chi connectivity index (χ4n) is 4.30. The number of hydrogen-bond acceptors (Lipinski definition) is 3. The minimum atomic E-state index is -0.563. The summed E-state index contributed by atoms with van der Waals surface area (Å²) in [4.78, 5) is 4.18. The molecular weight excluding hydrogens is 336 g/mol. The Bertz CT molecular complexity index is 753. The van der Waals surface area contributed by atoms with Crippen LogP contribution in [0.1, 0.15) is 59.6 Å². The maximum Gasteiger partial charge on any atom is 0.187 e. The maximum atomic E-state index is 6.48. The van der Waals surface area contributed by atoms with E-state index in [1.165, 1.54) is 33.4 Å². The molecule has 1 aliphatic heterocycles. The lowest BCUT2D eigenvalue weighted by Gasteiger charge is -2.30. The van der Waals surface area contributed by atoms with Crippen LogP contribution < -0.4 is 0 Å². The van der Waals surface area contributed by atoms with E-state index in [1.807, 2.05) is 18.7 Å². The minimum absolute atomic E-state index is 0.196. The van der Waals surface area contributed by atoms with Crippen molar-refractivity contribution in [1.82, 2.24) is 9.55 Å². The fraction of sp³-hybridized carbons (Fsp3) is 0.609. The molecule has 0 amide bonds. The van der Waals surface area contributed by atoms with Crippen LogP contribution in [-0.2, 0) is 22.4 Å². The molecule has 0 spiro atoms. The van der Waals surface area contributed by atoms with Crippen molar-refractivity contribution in [2.75, 3.05) is 6.61 Å². The van der Waals surface area contributed by atoms with Crippen LogP contribution in [0.3, 0.4) is 0 Å². The van der Waals surface area contributed by atoms with E-state index in [2.05, 4.69) is 51.1 Å². The summed E-state index contributed by atoms with van der Waals surface area (Å²) in [6.45, 7) is 14.8. The average molecular weight is 371 g/mol. The van der Waals surface area contributed by atoms with Crippen molar-refractivity contribution in [1.29, 1.82) is 0 Å². The summed E-state index contributed by atoms with van der Waals surface area (Å²) in [7, 11) is 0. The van der Waals surface area contributed by atoms with E-state index >= 15 is 0 Å². The Kier molecular flexibility index (Phi) is 6.07. The molecule has 1 saturated heterocycles. The summed E-state index contributed by atoms with van der Waals surface area (Å²) in [5.74, 6) is -0.563. The first-order valence-electron chi connectivity index (χ1n) is 10.2. The molecule has 27 heavy (non-hydrogen) atoms. The lowest BCUT2D eigenvalue weighted by Crippen LogP contribution is -2.37. The summed E-state index contributed by atoms with van der Waals surface area (Å²) < 4.78 is 14.8. The second kappa shape index (κ2) is 8.15. The zero-order valence-electron chi connectivity index (χ0n) is 17.8. The first kappa shape index (κ1) is 20.1. The number of imidazole rings is 1. The normalized spacial score (nSPS) is 22.5. The topological polar surface area (TPSA) is 36.3 Å². The Morgan fingerprint density at radius 1 is 1.07 bits per heavy atom. The van der Waals surface area contributed by atoms with Crippen LogP contribution in [0.15, 0.2) is 18.7 Å². The molecule has 148 valence electrons. The standard InChI is InChI=1S/C23H34N2O2/c1-7-8-21-13-26-23(27-21,14-25-12-11-24-15-25)10-9-22-19(5)17(3)16(2)18(4)20(22)6/h11-12,15,21H,7-10,13-14H2,1-6H3. The third-order valence-corrected chi connectivity index (χ3v) is 6.42.